The first-order valence-corrected chi connectivity index (χ1v) is 9.14. The molecule has 0 aliphatic carbocycles. The Bertz CT molecular complexity index is 744. The van der Waals surface area contributed by atoms with Gasteiger partial charge in [-0.1, -0.05) is 0 Å². The quantitative estimate of drug-likeness (QED) is 0.612. The monoisotopic (exact) mass is 360 g/mol. The van der Waals surface area contributed by atoms with Crippen LogP contribution in [0, 0.1) is 0 Å². The van der Waals surface area contributed by atoms with Crippen molar-refractivity contribution in [1.29, 1.82) is 0 Å². The second-order valence-corrected chi connectivity index (χ2v) is 6.85. The van der Waals surface area contributed by atoms with Gasteiger partial charge in [0.2, 0.25) is 0 Å². The number of benzene rings is 1. The Hall–Kier alpha value is -2.25. The van der Waals surface area contributed by atoms with Crippen molar-refractivity contribution in [3.05, 3.63) is 40.1 Å². The number of fused-ring (bicyclic) bond motifs is 1. The van der Waals surface area contributed by atoms with Crippen molar-refractivity contribution in [1.82, 2.24) is 4.90 Å². The summed E-state index contributed by atoms with van der Waals surface area (Å²) >= 11 is 1.86. The van der Waals surface area contributed by atoms with Crippen LogP contribution in [0.25, 0.3) is 0 Å². The van der Waals surface area contributed by atoms with E-state index < -0.39 is 0 Å². The summed E-state index contributed by atoms with van der Waals surface area (Å²) in [4.78, 5) is 8.37. The highest BCUT2D eigenvalue weighted by atomic mass is 32.1. The fraction of sp³-hybridized carbons (Fsp3) is 0.389. The van der Waals surface area contributed by atoms with Crippen molar-refractivity contribution in [3.63, 3.8) is 0 Å². The van der Waals surface area contributed by atoms with E-state index in [9.17, 15) is 0 Å². The van der Waals surface area contributed by atoms with E-state index in [1.165, 1.54) is 10.4 Å². The summed E-state index contributed by atoms with van der Waals surface area (Å²) in [6, 6.07) is 7.73. The largest absolute Gasteiger partial charge is 0.497 e. The molecule has 1 aromatic heterocycles. The van der Waals surface area contributed by atoms with Crippen LogP contribution < -0.4 is 20.5 Å². The molecule has 25 heavy (non-hydrogen) atoms. The molecule has 1 aromatic carbocycles. The Balaban J connectivity index is 1.54. The van der Waals surface area contributed by atoms with Crippen LogP contribution in [0.4, 0.5) is 5.69 Å². The predicted molar refractivity (Wildman–Crippen MR) is 103 cm³/mol. The topological polar surface area (TPSA) is 72.1 Å². The minimum Gasteiger partial charge on any atom is -0.497 e. The Kier molecular flexibility index (Phi) is 5.78. The van der Waals surface area contributed by atoms with E-state index in [1.54, 1.807) is 14.2 Å². The lowest BCUT2D eigenvalue weighted by Gasteiger charge is -2.26. The normalized spacial score (nSPS) is 14.9. The van der Waals surface area contributed by atoms with Crippen LogP contribution in [0.1, 0.15) is 10.4 Å². The maximum atomic E-state index is 6.02. The number of methoxy groups -OCH3 is 2. The molecule has 0 amide bonds. The van der Waals surface area contributed by atoms with Gasteiger partial charge >= 0.3 is 0 Å². The fourth-order valence-electron chi connectivity index (χ4n) is 2.90. The van der Waals surface area contributed by atoms with Crippen LogP contribution in [-0.4, -0.2) is 44.7 Å². The highest BCUT2D eigenvalue weighted by Gasteiger charge is 2.16. The molecule has 0 fully saturated rings. The van der Waals surface area contributed by atoms with E-state index in [4.69, 9.17) is 15.2 Å². The molecule has 0 saturated heterocycles. The third-order valence-electron chi connectivity index (χ3n) is 4.25. The lowest BCUT2D eigenvalue weighted by molar-refractivity contribution is 0.264. The zero-order chi connectivity index (χ0) is 17.6. The van der Waals surface area contributed by atoms with Crippen molar-refractivity contribution in [2.75, 3.05) is 39.2 Å². The summed E-state index contributed by atoms with van der Waals surface area (Å²) < 4.78 is 10.6. The number of guanidine groups is 1. The predicted octanol–water partition coefficient (Wildman–Crippen LogP) is 2.55. The van der Waals surface area contributed by atoms with Gasteiger partial charge in [0.05, 0.1) is 26.5 Å². The van der Waals surface area contributed by atoms with Crippen LogP contribution in [0.15, 0.2) is 34.6 Å². The van der Waals surface area contributed by atoms with Crippen molar-refractivity contribution in [2.24, 2.45) is 10.7 Å². The minimum atomic E-state index is 0.375. The molecule has 2 heterocycles. The molecule has 0 saturated carbocycles. The van der Waals surface area contributed by atoms with Crippen LogP contribution in [0.5, 0.6) is 11.5 Å². The number of hydrogen-bond donors (Lipinski definition) is 2. The molecule has 0 radical (unpaired) electrons. The first-order valence-electron chi connectivity index (χ1n) is 8.26. The summed E-state index contributed by atoms with van der Waals surface area (Å²) in [7, 11) is 3.25. The van der Waals surface area contributed by atoms with Crippen molar-refractivity contribution >= 4 is 23.0 Å². The number of ether oxygens (including phenoxy) is 2. The number of thiophene rings is 1. The van der Waals surface area contributed by atoms with Crippen molar-refractivity contribution in [2.45, 2.75) is 13.0 Å². The van der Waals surface area contributed by atoms with E-state index in [0.717, 1.165) is 37.5 Å². The van der Waals surface area contributed by atoms with Crippen LogP contribution in [0.3, 0.4) is 0 Å². The zero-order valence-electron chi connectivity index (χ0n) is 14.6. The molecular formula is C18H24N4O2S. The maximum Gasteiger partial charge on any atom is 0.193 e. The average Bonchev–Trinajstić information content (AvgIpc) is 3.09. The van der Waals surface area contributed by atoms with Crippen LogP contribution >= 0.6 is 11.3 Å². The van der Waals surface area contributed by atoms with Gasteiger partial charge in [-0.2, -0.15) is 0 Å². The molecule has 0 bridgehead atoms. The summed E-state index contributed by atoms with van der Waals surface area (Å²) in [5.74, 6) is 1.80. The molecule has 2 aromatic rings. The SMILES string of the molecule is COc1ccc(OC)c(NC(N)=NCCN2CCc3sccc3C2)c1. The van der Waals surface area contributed by atoms with Gasteiger partial charge in [-0.25, -0.2) is 0 Å². The van der Waals surface area contributed by atoms with E-state index >= 15 is 0 Å². The number of aliphatic imine (C=N–C) groups is 1. The van der Waals surface area contributed by atoms with E-state index in [2.05, 4.69) is 26.7 Å². The van der Waals surface area contributed by atoms with Gasteiger partial charge < -0.3 is 20.5 Å². The molecule has 3 rings (SSSR count). The van der Waals surface area contributed by atoms with E-state index in [1.807, 2.05) is 29.5 Å². The fourth-order valence-corrected chi connectivity index (χ4v) is 3.79. The number of rotatable bonds is 6. The number of nitrogens with two attached hydrogens (primary N) is 1. The zero-order valence-corrected chi connectivity index (χ0v) is 15.4. The highest BCUT2D eigenvalue weighted by Crippen LogP contribution is 2.28. The minimum absolute atomic E-state index is 0.375. The van der Waals surface area contributed by atoms with Gasteiger partial charge in [0.15, 0.2) is 5.96 Å². The van der Waals surface area contributed by atoms with Gasteiger partial charge in [-0.05, 0) is 35.6 Å². The lowest BCUT2D eigenvalue weighted by atomic mass is 10.1. The Morgan fingerprint density at radius 3 is 3.00 bits per heavy atom. The Morgan fingerprint density at radius 2 is 2.20 bits per heavy atom. The first kappa shape index (κ1) is 17.6. The molecule has 0 spiro atoms. The number of nitrogens with one attached hydrogen (secondary N) is 1. The molecule has 7 heteroatoms. The number of anilines is 1. The van der Waals surface area contributed by atoms with Gasteiger partial charge in [0.1, 0.15) is 11.5 Å². The molecule has 3 N–H and O–H groups in total. The molecule has 1 aliphatic rings. The molecular weight excluding hydrogens is 336 g/mol. The summed E-state index contributed by atoms with van der Waals surface area (Å²) in [6.45, 7) is 3.64. The number of nitrogens with zero attached hydrogens (tertiary/aromatic N) is 2. The Labute approximate surface area is 152 Å². The molecule has 1 aliphatic heterocycles. The van der Waals surface area contributed by atoms with Gasteiger partial charge in [0, 0.05) is 30.6 Å². The molecule has 6 nitrogen and oxygen atoms in total. The lowest BCUT2D eigenvalue weighted by Crippen LogP contribution is -2.32. The van der Waals surface area contributed by atoms with E-state index in [0.29, 0.717) is 18.3 Å². The van der Waals surface area contributed by atoms with Crippen LogP contribution in [-0.2, 0) is 13.0 Å². The number of hydrogen-bond acceptors (Lipinski definition) is 5. The average molecular weight is 360 g/mol. The van der Waals surface area contributed by atoms with Crippen molar-refractivity contribution in [3.8, 4) is 11.5 Å². The van der Waals surface area contributed by atoms with Gasteiger partial charge in [-0.3, -0.25) is 9.89 Å². The first-order chi connectivity index (χ1) is 12.2. The third kappa shape index (κ3) is 4.43. The van der Waals surface area contributed by atoms with Crippen LogP contribution in [0.2, 0.25) is 0 Å². The molecule has 134 valence electrons. The van der Waals surface area contributed by atoms with Gasteiger partial charge in [-0.15, -0.1) is 11.3 Å². The Morgan fingerprint density at radius 1 is 1.32 bits per heavy atom. The van der Waals surface area contributed by atoms with Gasteiger partial charge in [0.25, 0.3) is 0 Å². The van der Waals surface area contributed by atoms with E-state index in [-0.39, 0.29) is 0 Å². The maximum absolute atomic E-state index is 6.02. The third-order valence-corrected chi connectivity index (χ3v) is 5.28. The molecule has 0 atom stereocenters. The van der Waals surface area contributed by atoms with Crippen molar-refractivity contribution < 1.29 is 9.47 Å². The summed E-state index contributed by atoms with van der Waals surface area (Å²) in [5, 5.41) is 5.27. The highest BCUT2D eigenvalue weighted by molar-refractivity contribution is 7.10. The standard InChI is InChI=1S/C18H24N4O2S/c1-23-14-3-4-16(24-2)15(11-14)21-18(19)20-7-9-22-8-5-17-13(12-22)6-10-25-17/h3-4,6,10-11H,5,7-9,12H2,1-2H3,(H3,19,20,21). The molecule has 0 unspecified atom stereocenters. The summed E-state index contributed by atoms with van der Waals surface area (Å²) in [6.07, 6.45) is 1.13. The second kappa shape index (κ2) is 8.22. The second-order valence-electron chi connectivity index (χ2n) is 5.85. The smallest absolute Gasteiger partial charge is 0.193 e. The summed E-state index contributed by atoms with van der Waals surface area (Å²) in [5.41, 5.74) is 8.21.